The van der Waals surface area contributed by atoms with E-state index in [2.05, 4.69) is 23.1 Å². The Morgan fingerprint density at radius 1 is 1.45 bits per heavy atom. The number of likely N-dealkylation sites (tertiary alicyclic amines) is 1. The second-order valence-corrected chi connectivity index (χ2v) is 6.32. The molecule has 0 radical (unpaired) electrons. The fourth-order valence-corrected chi connectivity index (χ4v) is 3.47. The Morgan fingerprint density at radius 3 is 3.05 bits per heavy atom. The van der Waals surface area contributed by atoms with Crippen LogP contribution in [0.2, 0.25) is 0 Å². The molecule has 6 heteroatoms. The zero-order chi connectivity index (χ0) is 15.5. The molecule has 122 valence electrons. The van der Waals surface area contributed by atoms with Crippen LogP contribution in [0.4, 0.5) is 0 Å². The fourth-order valence-electron chi connectivity index (χ4n) is 3.47. The van der Waals surface area contributed by atoms with Crippen LogP contribution >= 0.6 is 0 Å². The summed E-state index contributed by atoms with van der Waals surface area (Å²) in [4.78, 5) is 16.9. The SMILES string of the molecule is CC[C@H]1CN(C(=O)CN2CCC[C@H]2c2cnn(C)c2)CCO1. The van der Waals surface area contributed by atoms with Gasteiger partial charge < -0.3 is 9.64 Å². The zero-order valence-corrected chi connectivity index (χ0v) is 13.6. The van der Waals surface area contributed by atoms with Gasteiger partial charge in [0.2, 0.25) is 5.91 Å². The van der Waals surface area contributed by atoms with E-state index in [9.17, 15) is 4.79 Å². The molecule has 2 saturated heterocycles. The summed E-state index contributed by atoms with van der Waals surface area (Å²) in [7, 11) is 1.94. The number of nitrogens with zero attached hydrogens (tertiary/aromatic N) is 4. The molecule has 0 bridgehead atoms. The standard InChI is InChI=1S/C16H26N4O2/c1-3-14-11-20(7-8-22-14)16(21)12-19-6-4-5-15(19)13-9-17-18(2)10-13/h9-10,14-15H,3-8,11-12H2,1-2H3/t14-,15-/m0/s1. The van der Waals surface area contributed by atoms with E-state index < -0.39 is 0 Å². The van der Waals surface area contributed by atoms with Crippen LogP contribution < -0.4 is 0 Å². The van der Waals surface area contributed by atoms with Crippen LogP contribution in [-0.2, 0) is 16.6 Å². The number of carbonyl (C=O) groups excluding carboxylic acids is 1. The number of hydrogen-bond donors (Lipinski definition) is 0. The lowest BCUT2D eigenvalue weighted by Gasteiger charge is -2.34. The molecule has 0 N–H and O–H groups in total. The second-order valence-electron chi connectivity index (χ2n) is 6.32. The van der Waals surface area contributed by atoms with Crippen molar-refractivity contribution in [1.29, 1.82) is 0 Å². The molecule has 22 heavy (non-hydrogen) atoms. The van der Waals surface area contributed by atoms with Gasteiger partial charge in [0.15, 0.2) is 0 Å². The van der Waals surface area contributed by atoms with Crippen molar-refractivity contribution in [2.24, 2.45) is 7.05 Å². The minimum absolute atomic E-state index is 0.199. The summed E-state index contributed by atoms with van der Waals surface area (Å²) >= 11 is 0. The molecule has 0 spiro atoms. The van der Waals surface area contributed by atoms with Crippen molar-refractivity contribution in [2.75, 3.05) is 32.8 Å². The summed E-state index contributed by atoms with van der Waals surface area (Å²) in [5, 5.41) is 4.26. The zero-order valence-electron chi connectivity index (χ0n) is 13.6. The third-order valence-electron chi connectivity index (χ3n) is 4.76. The van der Waals surface area contributed by atoms with Gasteiger partial charge >= 0.3 is 0 Å². The summed E-state index contributed by atoms with van der Waals surface area (Å²) in [5.74, 6) is 0.234. The van der Waals surface area contributed by atoms with Crippen molar-refractivity contribution in [3.63, 3.8) is 0 Å². The quantitative estimate of drug-likeness (QED) is 0.838. The van der Waals surface area contributed by atoms with E-state index >= 15 is 0 Å². The summed E-state index contributed by atoms with van der Waals surface area (Å²) in [6, 6.07) is 0.334. The number of aromatic nitrogens is 2. The molecule has 2 aliphatic rings. The van der Waals surface area contributed by atoms with Crippen LogP contribution in [-0.4, -0.2) is 64.4 Å². The van der Waals surface area contributed by atoms with E-state index in [1.165, 1.54) is 5.56 Å². The van der Waals surface area contributed by atoms with Crippen molar-refractivity contribution in [3.8, 4) is 0 Å². The Kier molecular flexibility index (Phi) is 4.78. The number of hydrogen-bond acceptors (Lipinski definition) is 4. The molecule has 1 amide bonds. The molecule has 1 aromatic rings. The fraction of sp³-hybridized carbons (Fsp3) is 0.750. The van der Waals surface area contributed by atoms with Crippen LogP contribution in [0, 0.1) is 0 Å². The summed E-state index contributed by atoms with van der Waals surface area (Å²) in [6.07, 6.45) is 7.41. The van der Waals surface area contributed by atoms with Crippen molar-refractivity contribution in [3.05, 3.63) is 18.0 Å². The molecule has 0 saturated carbocycles. The van der Waals surface area contributed by atoms with Crippen LogP contribution in [0.3, 0.4) is 0 Å². The summed E-state index contributed by atoms with van der Waals surface area (Å²) in [5.41, 5.74) is 1.22. The highest BCUT2D eigenvalue weighted by Crippen LogP contribution is 2.31. The third-order valence-corrected chi connectivity index (χ3v) is 4.76. The van der Waals surface area contributed by atoms with E-state index in [-0.39, 0.29) is 12.0 Å². The molecule has 2 atom stereocenters. The molecule has 0 aromatic carbocycles. The van der Waals surface area contributed by atoms with Crippen molar-refractivity contribution >= 4 is 5.91 Å². The average molecular weight is 306 g/mol. The molecular weight excluding hydrogens is 280 g/mol. The highest BCUT2D eigenvalue weighted by Gasteiger charge is 2.31. The van der Waals surface area contributed by atoms with Crippen LogP contribution in [0.1, 0.15) is 37.8 Å². The lowest BCUT2D eigenvalue weighted by molar-refractivity contribution is -0.140. The number of aryl methyl sites for hydroxylation is 1. The Balaban J connectivity index is 1.60. The molecule has 2 aliphatic heterocycles. The van der Waals surface area contributed by atoms with Gasteiger partial charge in [-0.05, 0) is 25.8 Å². The Hall–Kier alpha value is -1.40. The van der Waals surface area contributed by atoms with E-state index in [0.717, 1.165) is 38.9 Å². The number of ether oxygens (including phenoxy) is 1. The monoisotopic (exact) mass is 306 g/mol. The largest absolute Gasteiger partial charge is 0.375 e. The van der Waals surface area contributed by atoms with E-state index in [1.807, 2.05) is 22.8 Å². The van der Waals surface area contributed by atoms with Crippen molar-refractivity contribution < 1.29 is 9.53 Å². The normalized spacial score (nSPS) is 26.5. The van der Waals surface area contributed by atoms with Gasteiger partial charge in [0.25, 0.3) is 0 Å². The van der Waals surface area contributed by atoms with E-state index in [4.69, 9.17) is 4.74 Å². The molecule has 3 rings (SSSR count). The molecule has 1 aromatic heterocycles. The van der Waals surface area contributed by atoms with Gasteiger partial charge in [0.1, 0.15) is 0 Å². The van der Waals surface area contributed by atoms with Gasteiger partial charge in [-0.2, -0.15) is 5.10 Å². The third kappa shape index (κ3) is 3.33. The maximum absolute atomic E-state index is 12.6. The minimum atomic E-state index is 0.199. The average Bonchev–Trinajstić information content (AvgIpc) is 3.16. The lowest BCUT2D eigenvalue weighted by atomic mass is 10.1. The van der Waals surface area contributed by atoms with Gasteiger partial charge in [-0.1, -0.05) is 6.92 Å². The van der Waals surface area contributed by atoms with Gasteiger partial charge in [0.05, 0.1) is 25.5 Å². The van der Waals surface area contributed by atoms with Gasteiger partial charge in [-0.3, -0.25) is 14.4 Å². The predicted octanol–water partition coefficient (Wildman–Crippen LogP) is 1.19. The van der Waals surface area contributed by atoms with Crippen molar-refractivity contribution in [2.45, 2.75) is 38.3 Å². The smallest absolute Gasteiger partial charge is 0.236 e. The Labute approximate surface area is 132 Å². The number of morpholine rings is 1. The van der Waals surface area contributed by atoms with Crippen molar-refractivity contribution in [1.82, 2.24) is 19.6 Å². The Morgan fingerprint density at radius 2 is 2.32 bits per heavy atom. The second kappa shape index (κ2) is 6.79. The topological polar surface area (TPSA) is 50.6 Å². The number of amides is 1. The molecular formula is C16H26N4O2. The highest BCUT2D eigenvalue weighted by atomic mass is 16.5. The van der Waals surface area contributed by atoms with Gasteiger partial charge in [0, 0.05) is 37.9 Å². The van der Waals surface area contributed by atoms with Crippen LogP contribution in [0.25, 0.3) is 0 Å². The predicted molar refractivity (Wildman–Crippen MR) is 83.4 cm³/mol. The molecule has 2 fully saturated rings. The summed E-state index contributed by atoms with van der Waals surface area (Å²) < 4.78 is 7.49. The first-order chi connectivity index (χ1) is 10.7. The number of rotatable bonds is 4. The minimum Gasteiger partial charge on any atom is -0.375 e. The first kappa shape index (κ1) is 15.5. The van der Waals surface area contributed by atoms with Gasteiger partial charge in [-0.25, -0.2) is 0 Å². The maximum Gasteiger partial charge on any atom is 0.236 e. The van der Waals surface area contributed by atoms with Crippen LogP contribution in [0.5, 0.6) is 0 Å². The molecule has 0 aliphatic carbocycles. The highest BCUT2D eigenvalue weighted by molar-refractivity contribution is 5.78. The molecule has 3 heterocycles. The van der Waals surface area contributed by atoms with E-state index in [0.29, 0.717) is 19.2 Å². The first-order valence-electron chi connectivity index (χ1n) is 8.29. The molecule has 6 nitrogen and oxygen atoms in total. The molecule has 0 unspecified atom stereocenters. The number of carbonyl (C=O) groups is 1. The maximum atomic E-state index is 12.6. The lowest BCUT2D eigenvalue weighted by Crippen LogP contribution is -2.48. The Bertz CT molecular complexity index is 516. The van der Waals surface area contributed by atoms with E-state index in [1.54, 1.807) is 0 Å². The van der Waals surface area contributed by atoms with Gasteiger partial charge in [-0.15, -0.1) is 0 Å². The first-order valence-corrected chi connectivity index (χ1v) is 8.29. The van der Waals surface area contributed by atoms with Crippen LogP contribution in [0.15, 0.2) is 12.4 Å². The summed E-state index contributed by atoms with van der Waals surface area (Å²) in [6.45, 7) is 5.73.